The highest BCUT2D eigenvalue weighted by Gasteiger charge is 2.57. The minimum Gasteiger partial charge on any atom is -0.241 e. The Balaban J connectivity index is 1.68. The lowest BCUT2D eigenvalue weighted by Gasteiger charge is -2.05. The molecule has 4 heteroatoms. The molecule has 1 aromatic carbocycles. The lowest BCUT2D eigenvalue weighted by atomic mass is 10.0. The van der Waals surface area contributed by atoms with E-state index in [2.05, 4.69) is 5.10 Å². The maximum atomic E-state index is 13.0. The lowest BCUT2D eigenvalue weighted by Crippen LogP contribution is -1.92. The molecule has 1 atom stereocenters. The third-order valence-electron chi connectivity index (χ3n) is 3.87. The van der Waals surface area contributed by atoms with Crippen LogP contribution in [-0.4, -0.2) is 15.5 Å². The molecule has 1 aliphatic carbocycles. The van der Waals surface area contributed by atoms with Gasteiger partial charge in [-0.25, -0.2) is 13.3 Å². The van der Waals surface area contributed by atoms with Gasteiger partial charge in [0.15, 0.2) is 0 Å². The van der Waals surface area contributed by atoms with Crippen LogP contribution < -0.4 is 0 Å². The van der Waals surface area contributed by atoms with Gasteiger partial charge in [-0.3, -0.25) is 0 Å². The Morgan fingerprint density at radius 3 is 2.50 bits per heavy atom. The van der Waals surface area contributed by atoms with E-state index in [-0.39, 0.29) is 6.42 Å². The van der Waals surface area contributed by atoms with Crippen molar-refractivity contribution < 1.29 is 8.78 Å². The highest BCUT2D eigenvalue weighted by Crippen LogP contribution is 2.55. The minimum atomic E-state index is -2.50. The van der Waals surface area contributed by atoms with Gasteiger partial charge < -0.3 is 0 Å². The third-order valence-corrected chi connectivity index (χ3v) is 3.87. The van der Waals surface area contributed by atoms with Crippen molar-refractivity contribution in [3.05, 3.63) is 60.4 Å². The van der Waals surface area contributed by atoms with Crippen molar-refractivity contribution in [2.75, 3.05) is 0 Å². The first-order chi connectivity index (χ1) is 9.63. The van der Waals surface area contributed by atoms with E-state index in [0.717, 1.165) is 22.2 Å². The number of aromatic nitrogens is 2. The lowest BCUT2D eigenvalue weighted by molar-refractivity contribution is 0.112. The van der Waals surface area contributed by atoms with Crippen molar-refractivity contribution in [1.29, 1.82) is 0 Å². The van der Waals surface area contributed by atoms with Crippen LogP contribution in [0.4, 0.5) is 8.78 Å². The summed E-state index contributed by atoms with van der Waals surface area (Å²) < 4.78 is 27.9. The van der Waals surface area contributed by atoms with Gasteiger partial charge in [0.25, 0.3) is 5.92 Å². The van der Waals surface area contributed by atoms with Gasteiger partial charge in [-0.1, -0.05) is 24.3 Å². The number of fused-ring (bicyclic) bond motifs is 1. The van der Waals surface area contributed by atoms with Crippen molar-refractivity contribution >= 4 is 5.52 Å². The third kappa shape index (κ3) is 1.80. The van der Waals surface area contributed by atoms with Crippen LogP contribution >= 0.6 is 0 Å². The topological polar surface area (TPSA) is 17.3 Å². The average molecular weight is 270 g/mol. The van der Waals surface area contributed by atoms with Gasteiger partial charge in [0.05, 0.1) is 11.4 Å². The average Bonchev–Trinajstić information content (AvgIpc) is 2.88. The van der Waals surface area contributed by atoms with Crippen molar-refractivity contribution in [2.45, 2.75) is 18.3 Å². The molecule has 0 aliphatic heterocycles. The maximum absolute atomic E-state index is 13.0. The van der Waals surface area contributed by atoms with Crippen molar-refractivity contribution in [2.24, 2.45) is 0 Å². The first-order valence-electron chi connectivity index (χ1n) is 6.55. The molecule has 1 saturated carbocycles. The van der Waals surface area contributed by atoms with Crippen molar-refractivity contribution in [3.8, 4) is 11.1 Å². The first kappa shape index (κ1) is 11.6. The summed E-state index contributed by atoms with van der Waals surface area (Å²) in [6.45, 7) is 0. The minimum absolute atomic E-state index is 0.0197. The summed E-state index contributed by atoms with van der Waals surface area (Å²) >= 11 is 0. The summed E-state index contributed by atoms with van der Waals surface area (Å²) in [6.07, 6.45) is 3.62. The van der Waals surface area contributed by atoms with Crippen LogP contribution in [0.25, 0.3) is 16.6 Å². The molecule has 1 aliphatic rings. The van der Waals surface area contributed by atoms with E-state index < -0.39 is 11.8 Å². The fourth-order valence-electron chi connectivity index (χ4n) is 2.58. The van der Waals surface area contributed by atoms with Crippen LogP contribution in [0.5, 0.6) is 0 Å². The molecule has 20 heavy (non-hydrogen) atoms. The number of nitrogens with zero attached hydrogens (tertiary/aromatic N) is 2. The molecule has 3 aromatic rings. The van der Waals surface area contributed by atoms with E-state index in [1.807, 2.05) is 48.7 Å². The number of halogens is 2. The van der Waals surface area contributed by atoms with Gasteiger partial charge in [0.2, 0.25) is 0 Å². The van der Waals surface area contributed by atoms with Crippen molar-refractivity contribution in [1.82, 2.24) is 9.61 Å². The van der Waals surface area contributed by atoms with E-state index in [1.165, 1.54) is 0 Å². The maximum Gasteiger partial charge on any atom is 0.255 e. The predicted molar refractivity (Wildman–Crippen MR) is 72.9 cm³/mol. The molecular formula is C16H12F2N2. The quantitative estimate of drug-likeness (QED) is 0.684. The molecular weight excluding hydrogens is 258 g/mol. The smallest absolute Gasteiger partial charge is 0.241 e. The molecule has 2 heterocycles. The zero-order chi connectivity index (χ0) is 13.7. The SMILES string of the molecule is FC1(F)C[C@@H]1c1ccc(-c2ccn3nccc3c2)cc1. The molecule has 2 nitrogen and oxygen atoms in total. The van der Waals surface area contributed by atoms with Gasteiger partial charge in [-0.05, 0) is 34.9 Å². The fraction of sp³-hybridized carbons (Fsp3) is 0.188. The largest absolute Gasteiger partial charge is 0.255 e. The molecule has 0 N–H and O–H groups in total. The van der Waals surface area contributed by atoms with Gasteiger partial charge >= 0.3 is 0 Å². The highest BCUT2D eigenvalue weighted by molar-refractivity contribution is 5.68. The second kappa shape index (κ2) is 3.88. The summed E-state index contributed by atoms with van der Waals surface area (Å²) in [5.74, 6) is -3.09. The van der Waals surface area contributed by atoms with Crippen molar-refractivity contribution in [3.63, 3.8) is 0 Å². The van der Waals surface area contributed by atoms with Gasteiger partial charge in [-0.2, -0.15) is 5.10 Å². The van der Waals surface area contributed by atoms with E-state index in [9.17, 15) is 8.78 Å². The number of alkyl halides is 2. The monoisotopic (exact) mass is 270 g/mol. The Morgan fingerprint density at radius 2 is 1.80 bits per heavy atom. The van der Waals surface area contributed by atoms with Gasteiger partial charge in [-0.15, -0.1) is 0 Å². The predicted octanol–water partition coefficient (Wildman–Crippen LogP) is 4.12. The van der Waals surface area contributed by atoms with E-state index in [0.29, 0.717) is 0 Å². The molecule has 0 saturated heterocycles. The molecule has 0 bridgehead atoms. The standard InChI is InChI=1S/C16H12F2N2/c17-16(18)10-15(16)12-3-1-11(2-4-12)13-6-8-20-14(9-13)5-7-19-20/h1-9,15H,10H2/t15-/m1/s1. The number of benzene rings is 1. The summed E-state index contributed by atoms with van der Waals surface area (Å²) in [5, 5.41) is 4.15. The Morgan fingerprint density at radius 1 is 1.05 bits per heavy atom. The Kier molecular flexibility index (Phi) is 2.25. The molecule has 0 unspecified atom stereocenters. The van der Waals surface area contributed by atoms with Crippen LogP contribution in [0.2, 0.25) is 0 Å². The Bertz CT molecular complexity index is 775. The Hall–Kier alpha value is -2.23. The Labute approximate surface area is 114 Å². The normalized spacial score (nSPS) is 20.2. The van der Waals surface area contributed by atoms with Crippen LogP contribution in [0, 0.1) is 0 Å². The first-order valence-corrected chi connectivity index (χ1v) is 6.55. The van der Waals surface area contributed by atoms with Crippen LogP contribution in [0.15, 0.2) is 54.9 Å². The zero-order valence-corrected chi connectivity index (χ0v) is 10.6. The second-order valence-electron chi connectivity index (χ2n) is 5.26. The van der Waals surface area contributed by atoms with Gasteiger partial charge in [0.1, 0.15) is 0 Å². The summed E-state index contributed by atoms with van der Waals surface area (Å²) in [5.41, 5.74) is 3.83. The van der Waals surface area contributed by atoms with E-state index in [4.69, 9.17) is 0 Å². The second-order valence-corrected chi connectivity index (χ2v) is 5.26. The molecule has 0 amide bonds. The molecule has 4 rings (SSSR count). The number of rotatable bonds is 2. The zero-order valence-electron chi connectivity index (χ0n) is 10.6. The number of hydrogen-bond donors (Lipinski definition) is 0. The number of pyridine rings is 1. The molecule has 1 fully saturated rings. The van der Waals surface area contributed by atoms with E-state index >= 15 is 0 Å². The van der Waals surface area contributed by atoms with E-state index in [1.54, 1.807) is 10.7 Å². The van der Waals surface area contributed by atoms with Crippen LogP contribution in [0.1, 0.15) is 17.9 Å². The molecule has 2 aromatic heterocycles. The fourth-order valence-corrected chi connectivity index (χ4v) is 2.58. The van der Waals surface area contributed by atoms with Crippen LogP contribution in [-0.2, 0) is 0 Å². The highest BCUT2D eigenvalue weighted by atomic mass is 19.3. The number of hydrogen-bond acceptors (Lipinski definition) is 1. The molecule has 0 radical (unpaired) electrons. The molecule has 0 spiro atoms. The van der Waals surface area contributed by atoms with Crippen LogP contribution in [0.3, 0.4) is 0 Å². The van der Waals surface area contributed by atoms with Gasteiger partial charge in [0, 0.05) is 18.8 Å². The summed E-state index contributed by atoms with van der Waals surface area (Å²) in [7, 11) is 0. The summed E-state index contributed by atoms with van der Waals surface area (Å²) in [6, 6.07) is 13.4. The molecule has 100 valence electrons. The summed E-state index contributed by atoms with van der Waals surface area (Å²) in [4.78, 5) is 0.